The van der Waals surface area contributed by atoms with Gasteiger partial charge < -0.3 is 5.32 Å². The summed E-state index contributed by atoms with van der Waals surface area (Å²) in [6.07, 6.45) is 10.4. The highest BCUT2D eigenvalue weighted by Gasteiger charge is 2.18. The molecule has 1 fully saturated rings. The normalized spacial score (nSPS) is 17.8. The minimum absolute atomic E-state index is 0.564. The van der Waals surface area contributed by atoms with E-state index in [2.05, 4.69) is 25.2 Å². The zero-order chi connectivity index (χ0) is 14.4. The Morgan fingerprint density at radius 2 is 1.75 bits per heavy atom. The van der Waals surface area contributed by atoms with E-state index < -0.39 is 0 Å². The second-order valence-electron chi connectivity index (χ2n) is 6.49. The molecule has 0 bridgehead atoms. The average molecular weight is 275 g/mol. The van der Waals surface area contributed by atoms with Crippen molar-refractivity contribution in [2.75, 3.05) is 12.4 Å². The van der Waals surface area contributed by atoms with E-state index in [1.54, 1.807) is 0 Å². The van der Waals surface area contributed by atoms with Gasteiger partial charge in [0.15, 0.2) is 0 Å². The first-order valence-electron chi connectivity index (χ1n) is 8.24. The Kier molecular flexibility index (Phi) is 5.81. The standard InChI is InChI=1S/C17H29N3/c1-13(2)11-15-12-16(18-3)20-17(19-15)14-9-7-5-4-6-8-10-14/h12-14H,4-11H2,1-3H3,(H,18,19,20). The lowest BCUT2D eigenvalue weighted by Gasteiger charge is -2.20. The van der Waals surface area contributed by atoms with Gasteiger partial charge in [-0.2, -0.15) is 0 Å². The van der Waals surface area contributed by atoms with Gasteiger partial charge >= 0.3 is 0 Å². The molecule has 1 saturated carbocycles. The van der Waals surface area contributed by atoms with Gasteiger partial charge in [-0.05, 0) is 25.2 Å². The van der Waals surface area contributed by atoms with Gasteiger partial charge in [-0.15, -0.1) is 0 Å². The summed E-state index contributed by atoms with van der Waals surface area (Å²) >= 11 is 0. The van der Waals surface area contributed by atoms with Crippen molar-refractivity contribution < 1.29 is 0 Å². The summed E-state index contributed by atoms with van der Waals surface area (Å²) in [7, 11) is 1.95. The van der Waals surface area contributed by atoms with Crippen LogP contribution in [0.15, 0.2) is 6.07 Å². The summed E-state index contributed by atoms with van der Waals surface area (Å²) in [5.74, 6) is 3.26. The lowest BCUT2D eigenvalue weighted by Crippen LogP contribution is -2.11. The molecule has 1 aromatic heterocycles. The molecular formula is C17H29N3. The van der Waals surface area contributed by atoms with Gasteiger partial charge in [0.1, 0.15) is 11.6 Å². The summed E-state index contributed by atoms with van der Waals surface area (Å²) < 4.78 is 0. The Balaban J connectivity index is 2.19. The summed E-state index contributed by atoms with van der Waals surface area (Å²) in [4.78, 5) is 9.60. The van der Waals surface area contributed by atoms with E-state index in [0.717, 1.165) is 18.1 Å². The van der Waals surface area contributed by atoms with Gasteiger partial charge in [-0.25, -0.2) is 9.97 Å². The zero-order valence-corrected chi connectivity index (χ0v) is 13.3. The predicted octanol–water partition coefficient (Wildman–Crippen LogP) is 4.54. The Labute approximate surface area is 123 Å². The quantitative estimate of drug-likeness (QED) is 0.876. The van der Waals surface area contributed by atoms with Crippen LogP contribution >= 0.6 is 0 Å². The van der Waals surface area contributed by atoms with Crippen molar-refractivity contribution in [2.24, 2.45) is 5.92 Å². The number of nitrogens with one attached hydrogen (secondary N) is 1. The Bertz CT molecular complexity index is 407. The Morgan fingerprint density at radius 3 is 2.35 bits per heavy atom. The molecule has 0 spiro atoms. The first-order chi connectivity index (χ1) is 9.69. The van der Waals surface area contributed by atoms with E-state index in [0.29, 0.717) is 11.8 Å². The first kappa shape index (κ1) is 15.3. The van der Waals surface area contributed by atoms with E-state index in [1.807, 2.05) is 7.05 Å². The van der Waals surface area contributed by atoms with E-state index in [4.69, 9.17) is 9.97 Å². The molecule has 20 heavy (non-hydrogen) atoms. The summed E-state index contributed by atoms with van der Waals surface area (Å²) in [5, 5.41) is 3.20. The van der Waals surface area contributed by atoms with Gasteiger partial charge in [-0.3, -0.25) is 0 Å². The predicted molar refractivity (Wildman–Crippen MR) is 85.2 cm³/mol. The van der Waals surface area contributed by atoms with Crippen molar-refractivity contribution >= 4 is 5.82 Å². The highest BCUT2D eigenvalue weighted by atomic mass is 15.0. The molecule has 2 rings (SSSR count). The first-order valence-corrected chi connectivity index (χ1v) is 8.24. The van der Waals surface area contributed by atoms with Gasteiger partial charge in [0, 0.05) is 24.7 Å². The van der Waals surface area contributed by atoms with Gasteiger partial charge in [0.25, 0.3) is 0 Å². The minimum atomic E-state index is 0.564. The van der Waals surface area contributed by atoms with Crippen molar-refractivity contribution in [3.63, 3.8) is 0 Å². The Hall–Kier alpha value is -1.12. The number of aromatic nitrogens is 2. The van der Waals surface area contributed by atoms with Gasteiger partial charge in [0.05, 0.1) is 0 Å². The average Bonchev–Trinajstić information content (AvgIpc) is 2.37. The lowest BCUT2D eigenvalue weighted by molar-refractivity contribution is 0.441. The van der Waals surface area contributed by atoms with Crippen LogP contribution in [0.3, 0.4) is 0 Å². The third-order valence-electron chi connectivity index (χ3n) is 4.14. The SMILES string of the molecule is CNc1cc(CC(C)C)nc(C2CCCCCCC2)n1. The van der Waals surface area contributed by atoms with E-state index >= 15 is 0 Å². The summed E-state index contributed by atoms with van der Waals surface area (Å²) in [6.45, 7) is 4.49. The summed E-state index contributed by atoms with van der Waals surface area (Å²) in [6, 6.07) is 2.10. The smallest absolute Gasteiger partial charge is 0.134 e. The van der Waals surface area contributed by atoms with Gasteiger partial charge in [0.2, 0.25) is 0 Å². The van der Waals surface area contributed by atoms with Crippen molar-refractivity contribution in [1.82, 2.24) is 9.97 Å². The number of hydrogen-bond donors (Lipinski definition) is 1. The van der Waals surface area contributed by atoms with Crippen LogP contribution in [-0.2, 0) is 6.42 Å². The summed E-state index contributed by atoms with van der Waals surface area (Å²) in [5.41, 5.74) is 1.19. The van der Waals surface area contributed by atoms with Crippen LogP contribution in [0.4, 0.5) is 5.82 Å². The fourth-order valence-electron chi connectivity index (χ4n) is 3.07. The van der Waals surface area contributed by atoms with Crippen molar-refractivity contribution in [3.05, 3.63) is 17.6 Å². The maximum absolute atomic E-state index is 4.87. The maximum Gasteiger partial charge on any atom is 0.134 e. The monoisotopic (exact) mass is 275 g/mol. The fraction of sp³-hybridized carbons (Fsp3) is 0.765. The van der Waals surface area contributed by atoms with Crippen molar-refractivity contribution in [2.45, 2.75) is 71.1 Å². The van der Waals surface area contributed by atoms with Crippen molar-refractivity contribution in [3.8, 4) is 0 Å². The van der Waals surface area contributed by atoms with Crippen LogP contribution in [0.5, 0.6) is 0 Å². The molecule has 0 atom stereocenters. The molecule has 0 amide bonds. The van der Waals surface area contributed by atoms with E-state index in [-0.39, 0.29) is 0 Å². The van der Waals surface area contributed by atoms with Crippen LogP contribution < -0.4 is 5.32 Å². The fourth-order valence-corrected chi connectivity index (χ4v) is 3.07. The van der Waals surface area contributed by atoms with Gasteiger partial charge in [-0.1, -0.05) is 46.0 Å². The maximum atomic E-state index is 4.87. The van der Waals surface area contributed by atoms with Crippen LogP contribution in [0, 0.1) is 5.92 Å². The molecule has 112 valence electrons. The van der Waals surface area contributed by atoms with Crippen LogP contribution in [0.25, 0.3) is 0 Å². The molecule has 0 saturated heterocycles. The number of hydrogen-bond acceptors (Lipinski definition) is 3. The largest absolute Gasteiger partial charge is 0.373 e. The molecule has 1 N–H and O–H groups in total. The van der Waals surface area contributed by atoms with E-state index in [1.165, 1.54) is 50.6 Å². The zero-order valence-electron chi connectivity index (χ0n) is 13.3. The van der Waals surface area contributed by atoms with Crippen LogP contribution in [0.2, 0.25) is 0 Å². The third-order valence-corrected chi connectivity index (χ3v) is 4.14. The molecule has 3 heteroatoms. The molecule has 1 aromatic rings. The molecule has 0 aliphatic heterocycles. The third kappa shape index (κ3) is 4.46. The minimum Gasteiger partial charge on any atom is -0.373 e. The molecule has 0 unspecified atom stereocenters. The van der Waals surface area contributed by atoms with Crippen LogP contribution in [0.1, 0.15) is 76.2 Å². The molecular weight excluding hydrogens is 246 g/mol. The second kappa shape index (κ2) is 7.61. The second-order valence-corrected chi connectivity index (χ2v) is 6.49. The topological polar surface area (TPSA) is 37.8 Å². The van der Waals surface area contributed by atoms with Crippen molar-refractivity contribution in [1.29, 1.82) is 0 Å². The Morgan fingerprint density at radius 1 is 1.10 bits per heavy atom. The van der Waals surface area contributed by atoms with E-state index in [9.17, 15) is 0 Å². The molecule has 1 heterocycles. The lowest BCUT2D eigenvalue weighted by atomic mass is 9.90. The molecule has 0 radical (unpaired) electrons. The van der Waals surface area contributed by atoms with Crippen LogP contribution in [-0.4, -0.2) is 17.0 Å². The highest BCUT2D eigenvalue weighted by molar-refractivity contribution is 5.35. The number of anilines is 1. The molecule has 3 nitrogen and oxygen atoms in total. The molecule has 1 aliphatic carbocycles. The molecule has 0 aromatic carbocycles. The molecule has 1 aliphatic rings. The highest BCUT2D eigenvalue weighted by Crippen LogP contribution is 2.29. The number of nitrogens with zero attached hydrogens (tertiary/aromatic N) is 2. The number of rotatable bonds is 4.